The van der Waals surface area contributed by atoms with E-state index in [4.69, 9.17) is 5.73 Å². The minimum Gasteiger partial charge on any atom is -0.370 e. The van der Waals surface area contributed by atoms with Crippen LogP contribution in [0.1, 0.15) is 10.4 Å². The van der Waals surface area contributed by atoms with E-state index in [-0.39, 0.29) is 29.5 Å². The van der Waals surface area contributed by atoms with Crippen molar-refractivity contribution in [3.05, 3.63) is 47.2 Å². The number of nitrogens with two attached hydrogens (primary N) is 1. The summed E-state index contributed by atoms with van der Waals surface area (Å²) in [6, 6.07) is 5.88. The Morgan fingerprint density at radius 1 is 1.30 bits per heavy atom. The third kappa shape index (κ3) is 5.76. The Morgan fingerprint density at radius 2 is 2.04 bits per heavy atom. The molecule has 1 saturated heterocycles. The molecule has 10 heteroatoms. The van der Waals surface area contributed by atoms with Crippen molar-refractivity contribution in [1.82, 2.24) is 15.2 Å². The molecule has 0 spiro atoms. The van der Waals surface area contributed by atoms with Crippen LogP contribution in [0.2, 0.25) is 0 Å². The van der Waals surface area contributed by atoms with E-state index in [1.54, 1.807) is 29.7 Å². The zero-order valence-corrected chi connectivity index (χ0v) is 17.8. The highest BCUT2D eigenvalue weighted by Gasteiger charge is 2.19. The van der Waals surface area contributed by atoms with Gasteiger partial charge in [0.15, 0.2) is 11.1 Å². The van der Waals surface area contributed by atoms with E-state index in [1.807, 2.05) is 10.3 Å². The first kappa shape index (κ1) is 21.4. The summed E-state index contributed by atoms with van der Waals surface area (Å²) >= 11 is 1.63. The van der Waals surface area contributed by atoms with Gasteiger partial charge in [-0.2, -0.15) is 0 Å². The van der Waals surface area contributed by atoms with Gasteiger partial charge in [-0.1, -0.05) is 12.1 Å². The zero-order chi connectivity index (χ0) is 18.4. The number of nitrogens with one attached hydrogen (secondary N) is 1. The number of amides is 1. The van der Waals surface area contributed by atoms with Gasteiger partial charge in [-0.25, -0.2) is 9.37 Å². The van der Waals surface area contributed by atoms with Crippen molar-refractivity contribution in [3.8, 4) is 0 Å². The van der Waals surface area contributed by atoms with E-state index in [0.29, 0.717) is 19.0 Å². The first-order valence-corrected chi connectivity index (χ1v) is 9.25. The van der Waals surface area contributed by atoms with Crippen molar-refractivity contribution < 1.29 is 9.18 Å². The number of hydrogen-bond donors (Lipinski definition) is 2. The molecule has 2 heterocycles. The molecule has 0 bridgehead atoms. The maximum atomic E-state index is 13.5. The molecule has 2 aromatic rings. The molecule has 0 unspecified atom stereocenters. The van der Waals surface area contributed by atoms with E-state index in [9.17, 15) is 9.18 Å². The Labute approximate surface area is 178 Å². The van der Waals surface area contributed by atoms with Crippen LogP contribution in [0.4, 0.5) is 9.52 Å². The van der Waals surface area contributed by atoms with Crippen molar-refractivity contribution >= 4 is 52.3 Å². The first-order chi connectivity index (χ1) is 12.6. The van der Waals surface area contributed by atoms with Gasteiger partial charge in [0.1, 0.15) is 5.82 Å². The number of carbonyl (C=O) groups excluding carboxylic acids is 1. The standard InChI is InChI=1S/C17H21FN6OS.HI/c18-14-4-2-1-3-13(14)15(25)20-5-6-21-16(19)23-8-10-24(11-9-23)17-22-7-12-26-17;/h1-4,7,12H,5-6,8-11H2,(H2,19,21)(H,20,25);1H. The molecule has 0 saturated carbocycles. The molecule has 3 rings (SSSR count). The molecular weight excluding hydrogens is 482 g/mol. The molecule has 27 heavy (non-hydrogen) atoms. The molecule has 1 aromatic heterocycles. The van der Waals surface area contributed by atoms with Crippen molar-refractivity contribution in [3.63, 3.8) is 0 Å². The molecular formula is C17H22FIN6OS. The highest BCUT2D eigenvalue weighted by molar-refractivity contribution is 14.0. The fourth-order valence-electron chi connectivity index (χ4n) is 2.68. The number of thiazole rings is 1. The number of rotatable bonds is 5. The topological polar surface area (TPSA) is 86.8 Å². The number of guanidine groups is 1. The van der Waals surface area contributed by atoms with Crippen molar-refractivity contribution in [2.75, 3.05) is 44.2 Å². The number of halogens is 2. The monoisotopic (exact) mass is 504 g/mol. The summed E-state index contributed by atoms with van der Waals surface area (Å²) in [7, 11) is 0. The molecule has 1 aliphatic rings. The van der Waals surface area contributed by atoms with Crippen LogP contribution >= 0.6 is 35.3 Å². The molecule has 1 amide bonds. The third-order valence-electron chi connectivity index (χ3n) is 4.08. The number of hydrogen-bond acceptors (Lipinski definition) is 5. The first-order valence-electron chi connectivity index (χ1n) is 8.37. The van der Waals surface area contributed by atoms with Gasteiger partial charge in [0.05, 0.1) is 12.1 Å². The van der Waals surface area contributed by atoms with Crippen LogP contribution in [-0.4, -0.2) is 61.0 Å². The average Bonchev–Trinajstić information content (AvgIpc) is 3.20. The lowest BCUT2D eigenvalue weighted by Crippen LogP contribution is -2.51. The molecule has 7 nitrogen and oxygen atoms in total. The van der Waals surface area contributed by atoms with Gasteiger partial charge in [0, 0.05) is 44.3 Å². The number of nitrogens with zero attached hydrogens (tertiary/aromatic N) is 4. The Hall–Kier alpha value is -1.95. The second kappa shape index (κ2) is 10.4. The smallest absolute Gasteiger partial charge is 0.254 e. The number of anilines is 1. The number of aliphatic imine (C=N–C) groups is 1. The van der Waals surface area contributed by atoms with Crippen molar-refractivity contribution in [2.45, 2.75) is 0 Å². The zero-order valence-electron chi connectivity index (χ0n) is 14.7. The number of aromatic nitrogens is 1. The fourth-order valence-corrected chi connectivity index (χ4v) is 3.38. The van der Waals surface area contributed by atoms with Crippen LogP contribution in [0.15, 0.2) is 40.8 Å². The van der Waals surface area contributed by atoms with Crippen LogP contribution in [0.5, 0.6) is 0 Å². The van der Waals surface area contributed by atoms with Gasteiger partial charge in [-0.05, 0) is 12.1 Å². The SMILES string of the molecule is I.NC(=NCCNC(=O)c1ccccc1F)N1CCN(c2nccs2)CC1. The molecule has 146 valence electrons. The molecule has 0 aliphatic carbocycles. The predicted octanol–water partition coefficient (Wildman–Crippen LogP) is 1.77. The van der Waals surface area contributed by atoms with E-state index < -0.39 is 11.7 Å². The van der Waals surface area contributed by atoms with Gasteiger partial charge in [-0.15, -0.1) is 35.3 Å². The summed E-state index contributed by atoms with van der Waals surface area (Å²) in [6.07, 6.45) is 1.80. The largest absolute Gasteiger partial charge is 0.370 e. The van der Waals surface area contributed by atoms with Crippen molar-refractivity contribution in [1.29, 1.82) is 0 Å². The lowest BCUT2D eigenvalue weighted by atomic mass is 10.2. The van der Waals surface area contributed by atoms with Crippen LogP contribution in [0, 0.1) is 5.82 Å². The van der Waals surface area contributed by atoms with E-state index in [0.717, 1.165) is 31.3 Å². The van der Waals surface area contributed by atoms with Crippen molar-refractivity contribution in [2.24, 2.45) is 10.7 Å². The molecule has 3 N–H and O–H groups in total. The fraction of sp³-hybridized carbons (Fsp3) is 0.353. The highest BCUT2D eigenvalue weighted by atomic mass is 127. The van der Waals surface area contributed by atoms with Gasteiger partial charge >= 0.3 is 0 Å². The van der Waals surface area contributed by atoms with Crippen LogP contribution in [0.3, 0.4) is 0 Å². The van der Waals surface area contributed by atoms with Crippen LogP contribution in [-0.2, 0) is 0 Å². The van der Waals surface area contributed by atoms with E-state index in [2.05, 4.69) is 20.2 Å². The number of piperazine rings is 1. The summed E-state index contributed by atoms with van der Waals surface area (Å²) < 4.78 is 13.5. The Balaban J connectivity index is 0.00000261. The Bertz CT molecular complexity index is 765. The molecule has 1 fully saturated rings. The summed E-state index contributed by atoms with van der Waals surface area (Å²) in [5, 5.41) is 5.64. The van der Waals surface area contributed by atoms with Crippen LogP contribution in [0.25, 0.3) is 0 Å². The van der Waals surface area contributed by atoms with Gasteiger partial charge in [0.2, 0.25) is 0 Å². The minimum atomic E-state index is -0.536. The summed E-state index contributed by atoms with van der Waals surface area (Å²) in [6.45, 7) is 3.88. The Kier molecular flexibility index (Phi) is 8.23. The van der Waals surface area contributed by atoms with Gasteiger partial charge < -0.3 is 20.9 Å². The molecule has 0 radical (unpaired) electrons. The molecule has 0 atom stereocenters. The second-order valence-corrected chi connectivity index (χ2v) is 6.64. The number of carbonyl (C=O) groups is 1. The maximum Gasteiger partial charge on any atom is 0.254 e. The predicted molar refractivity (Wildman–Crippen MR) is 117 cm³/mol. The molecule has 1 aromatic carbocycles. The summed E-state index contributed by atoms with van der Waals surface area (Å²) in [5.74, 6) is -0.524. The maximum absolute atomic E-state index is 13.5. The van der Waals surface area contributed by atoms with Crippen LogP contribution < -0.4 is 16.0 Å². The summed E-state index contributed by atoms with van der Waals surface area (Å²) in [4.78, 5) is 24.8. The lowest BCUT2D eigenvalue weighted by Gasteiger charge is -2.35. The second-order valence-electron chi connectivity index (χ2n) is 5.76. The molecule has 1 aliphatic heterocycles. The minimum absolute atomic E-state index is 0. The lowest BCUT2D eigenvalue weighted by molar-refractivity contribution is 0.0950. The summed E-state index contributed by atoms with van der Waals surface area (Å²) in [5.41, 5.74) is 6.07. The van der Waals surface area contributed by atoms with E-state index in [1.165, 1.54) is 12.1 Å². The average molecular weight is 504 g/mol. The van der Waals surface area contributed by atoms with E-state index >= 15 is 0 Å². The Morgan fingerprint density at radius 3 is 2.70 bits per heavy atom. The normalized spacial score (nSPS) is 14.6. The van der Waals surface area contributed by atoms with Gasteiger partial charge in [-0.3, -0.25) is 9.79 Å². The van der Waals surface area contributed by atoms with Gasteiger partial charge in [0.25, 0.3) is 5.91 Å². The number of benzene rings is 1. The quantitative estimate of drug-likeness (QED) is 0.281. The third-order valence-corrected chi connectivity index (χ3v) is 4.92. The highest BCUT2D eigenvalue weighted by Crippen LogP contribution is 2.18.